The molecule has 0 aromatic rings. The fourth-order valence-corrected chi connectivity index (χ4v) is 2.62. The molecule has 0 radical (unpaired) electrons. The minimum Gasteiger partial charge on any atom is -0.316 e. The molecule has 2 aliphatic carbocycles. The summed E-state index contributed by atoms with van der Waals surface area (Å²) in [5.41, 5.74) is 0.423. The van der Waals surface area contributed by atoms with Gasteiger partial charge in [0, 0.05) is 25.7 Å². The van der Waals surface area contributed by atoms with Gasteiger partial charge < -0.3 is 5.32 Å². The van der Waals surface area contributed by atoms with Gasteiger partial charge >= 0.3 is 0 Å². The van der Waals surface area contributed by atoms with Gasteiger partial charge in [-0.05, 0) is 50.0 Å². The minimum absolute atomic E-state index is 0.423. The maximum Gasteiger partial charge on any atom is 0.00967 e. The average Bonchev–Trinajstić information content (AvgIpc) is 3.11. The highest BCUT2D eigenvalue weighted by atomic mass is 15.2. The van der Waals surface area contributed by atoms with Gasteiger partial charge in [0.25, 0.3) is 0 Å². The second-order valence-corrected chi connectivity index (χ2v) is 6.94. The summed E-state index contributed by atoms with van der Waals surface area (Å²) in [6, 6.07) is 0.932. The zero-order chi connectivity index (χ0) is 12.3. The second-order valence-electron chi connectivity index (χ2n) is 6.94. The van der Waals surface area contributed by atoms with Crippen LogP contribution < -0.4 is 5.32 Å². The molecule has 2 fully saturated rings. The summed E-state index contributed by atoms with van der Waals surface area (Å²) >= 11 is 0. The molecule has 0 aromatic heterocycles. The molecule has 100 valence electrons. The summed E-state index contributed by atoms with van der Waals surface area (Å²) in [5, 5.41) is 3.58. The van der Waals surface area contributed by atoms with Crippen LogP contribution in [0.3, 0.4) is 0 Å². The van der Waals surface area contributed by atoms with Gasteiger partial charge in [-0.15, -0.1) is 0 Å². The van der Waals surface area contributed by atoms with Crippen LogP contribution in [0.25, 0.3) is 0 Å². The molecule has 0 atom stereocenters. The van der Waals surface area contributed by atoms with Gasteiger partial charge in [-0.2, -0.15) is 0 Å². The molecule has 0 unspecified atom stereocenters. The molecule has 0 bridgehead atoms. The molecule has 0 heterocycles. The van der Waals surface area contributed by atoms with Crippen molar-refractivity contribution in [2.45, 2.75) is 58.9 Å². The first kappa shape index (κ1) is 13.4. The van der Waals surface area contributed by atoms with E-state index in [4.69, 9.17) is 0 Å². The highest BCUT2D eigenvalue weighted by molar-refractivity contribution is 4.91. The van der Waals surface area contributed by atoms with Crippen molar-refractivity contribution >= 4 is 0 Å². The molecular weight excluding hydrogens is 208 g/mol. The molecule has 1 N–H and O–H groups in total. The second kappa shape index (κ2) is 5.71. The Hall–Kier alpha value is -0.0800. The Bertz CT molecular complexity index is 229. The molecule has 2 saturated carbocycles. The molecule has 0 aliphatic heterocycles. The first-order chi connectivity index (χ1) is 8.11. The first-order valence-electron chi connectivity index (χ1n) is 7.55. The Morgan fingerprint density at radius 3 is 2.41 bits per heavy atom. The fourth-order valence-electron chi connectivity index (χ4n) is 2.62. The van der Waals surface area contributed by atoms with Crippen LogP contribution in [-0.4, -0.2) is 37.1 Å². The van der Waals surface area contributed by atoms with Gasteiger partial charge in [-0.25, -0.2) is 0 Å². The van der Waals surface area contributed by atoms with Crippen LogP contribution in [0, 0.1) is 11.3 Å². The molecule has 2 nitrogen and oxygen atoms in total. The van der Waals surface area contributed by atoms with Gasteiger partial charge in [0.1, 0.15) is 0 Å². The molecule has 0 aromatic carbocycles. The van der Waals surface area contributed by atoms with E-state index in [9.17, 15) is 0 Å². The lowest BCUT2D eigenvalue weighted by atomic mass is 9.92. The zero-order valence-electron chi connectivity index (χ0n) is 12.0. The summed E-state index contributed by atoms with van der Waals surface area (Å²) < 4.78 is 0. The van der Waals surface area contributed by atoms with E-state index in [1.807, 2.05) is 0 Å². The van der Waals surface area contributed by atoms with E-state index in [2.05, 4.69) is 31.0 Å². The third-order valence-corrected chi connectivity index (χ3v) is 3.91. The van der Waals surface area contributed by atoms with E-state index >= 15 is 0 Å². The Labute approximate surface area is 107 Å². The van der Waals surface area contributed by atoms with Crippen LogP contribution in [0.1, 0.15) is 52.9 Å². The normalized spacial score (nSPS) is 21.2. The lowest BCUT2D eigenvalue weighted by Crippen LogP contribution is -2.42. The molecule has 2 aliphatic rings. The van der Waals surface area contributed by atoms with E-state index in [1.165, 1.54) is 45.2 Å². The van der Waals surface area contributed by atoms with E-state index in [0.29, 0.717) is 5.41 Å². The molecule has 2 rings (SSSR count). The maximum atomic E-state index is 3.58. The van der Waals surface area contributed by atoms with E-state index < -0.39 is 0 Å². The smallest absolute Gasteiger partial charge is 0.00967 e. The Kier molecular flexibility index (Phi) is 4.48. The SMILES string of the molecule is CCCNCC(C)(C)CN(CC1CC1)C1CC1. The zero-order valence-corrected chi connectivity index (χ0v) is 12.0. The average molecular weight is 238 g/mol. The van der Waals surface area contributed by atoms with Gasteiger partial charge in [0.05, 0.1) is 0 Å². The van der Waals surface area contributed by atoms with Crippen molar-refractivity contribution in [1.82, 2.24) is 10.2 Å². The highest BCUT2D eigenvalue weighted by Crippen LogP contribution is 2.36. The van der Waals surface area contributed by atoms with E-state index in [-0.39, 0.29) is 0 Å². The number of nitrogens with zero attached hydrogens (tertiary/aromatic N) is 1. The Balaban J connectivity index is 1.73. The molecule has 17 heavy (non-hydrogen) atoms. The lowest BCUT2D eigenvalue weighted by Gasteiger charge is -2.33. The summed E-state index contributed by atoms with van der Waals surface area (Å²) in [5.74, 6) is 1.04. The molecule has 2 heteroatoms. The predicted molar refractivity (Wildman–Crippen MR) is 74.3 cm³/mol. The summed E-state index contributed by atoms with van der Waals surface area (Å²) in [6.45, 7) is 12.1. The summed E-state index contributed by atoms with van der Waals surface area (Å²) in [7, 11) is 0. The van der Waals surface area contributed by atoms with Crippen molar-refractivity contribution in [3.8, 4) is 0 Å². The maximum absolute atomic E-state index is 3.58. The van der Waals surface area contributed by atoms with Crippen LogP contribution in [0.2, 0.25) is 0 Å². The Morgan fingerprint density at radius 2 is 1.88 bits per heavy atom. The highest BCUT2D eigenvalue weighted by Gasteiger charge is 2.36. The fraction of sp³-hybridized carbons (Fsp3) is 1.00. The standard InChI is InChI=1S/C15H30N2/c1-4-9-16-11-15(2,3)12-17(14-7-8-14)10-13-5-6-13/h13-14,16H,4-12H2,1-3H3. The first-order valence-corrected chi connectivity index (χ1v) is 7.55. The van der Waals surface area contributed by atoms with E-state index in [0.717, 1.165) is 25.0 Å². The van der Waals surface area contributed by atoms with Gasteiger partial charge in [-0.3, -0.25) is 4.90 Å². The van der Waals surface area contributed by atoms with Crippen LogP contribution >= 0.6 is 0 Å². The molecular formula is C15H30N2. The van der Waals surface area contributed by atoms with Crippen molar-refractivity contribution < 1.29 is 0 Å². The quantitative estimate of drug-likeness (QED) is 0.621. The summed E-state index contributed by atoms with van der Waals surface area (Å²) in [6.07, 6.45) is 7.11. The summed E-state index contributed by atoms with van der Waals surface area (Å²) in [4.78, 5) is 2.78. The number of hydrogen-bond acceptors (Lipinski definition) is 2. The third kappa shape index (κ3) is 4.97. The molecule has 0 spiro atoms. The molecule has 0 saturated heterocycles. The lowest BCUT2D eigenvalue weighted by molar-refractivity contribution is 0.161. The predicted octanol–water partition coefficient (Wildman–Crippen LogP) is 2.89. The topological polar surface area (TPSA) is 15.3 Å². The van der Waals surface area contributed by atoms with Gasteiger partial charge in [0.15, 0.2) is 0 Å². The van der Waals surface area contributed by atoms with Crippen LogP contribution in [-0.2, 0) is 0 Å². The monoisotopic (exact) mass is 238 g/mol. The van der Waals surface area contributed by atoms with Crippen molar-refractivity contribution in [1.29, 1.82) is 0 Å². The van der Waals surface area contributed by atoms with Crippen molar-refractivity contribution in [3.05, 3.63) is 0 Å². The van der Waals surface area contributed by atoms with Crippen molar-refractivity contribution in [2.24, 2.45) is 11.3 Å². The third-order valence-electron chi connectivity index (χ3n) is 3.91. The van der Waals surface area contributed by atoms with Crippen LogP contribution in [0.15, 0.2) is 0 Å². The molecule has 0 amide bonds. The van der Waals surface area contributed by atoms with E-state index in [1.54, 1.807) is 0 Å². The van der Waals surface area contributed by atoms with Crippen LogP contribution in [0.5, 0.6) is 0 Å². The number of hydrogen-bond donors (Lipinski definition) is 1. The van der Waals surface area contributed by atoms with Gasteiger partial charge in [-0.1, -0.05) is 20.8 Å². The Morgan fingerprint density at radius 1 is 1.18 bits per heavy atom. The minimum atomic E-state index is 0.423. The van der Waals surface area contributed by atoms with Crippen molar-refractivity contribution in [3.63, 3.8) is 0 Å². The van der Waals surface area contributed by atoms with Crippen molar-refractivity contribution in [2.75, 3.05) is 26.2 Å². The number of rotatable bonds is 9. The largest absolute Gasteiger partial charge is 0.316 e. The van der Waals surface area contributed by atoms with Gasteiger partial charge in [0.2, 0.25) is 0 Å². The van der Waals surface area contributed by atoms with Crippen LogP contribution in [0.4, 0.5) is 0 Å². The number of nitrogens with one attached hydrogen (secondary N) is 1.